The molecule has 100 valence electrons. The fourth-order valence-corrected chi connectivity index (χ4v) is 3.51. The van der Waals surface area contributed by atoms with Crippen LogP contribution in [0.15, 0.2) is 10.8 Å². The first kappa shape index (κ1) is 13.6. The Hall–Kier alpha value is -0.870. The van der Waals surface area contributed by atoms with Crippen LogP contribution in [0.4, 0.5) is 0 Å². The number of hydrogen-bond donors (Lipinski definition) is 1. The number of amides is 1. The lowest BCUT2D eigenvalue weighted by Crippen LogP contribution is -2.42. The molecule has 1 saturated carbocycles. The standard InChI is InChI=1S/C14H22N2OS/c1-10-8-18-9-13(10)14(17)16(3)12-6-4-11(15-2)5-7-12/h8-9,11-12,15H,4-7H2,1-3H3. The molecule has 18 heavy (non-hydrogen) atoms. The average Bonchev–Trinajstić information content (AvgIpc) is 2.83. The Morgan fingerprint density at radius 3 is 2.50 bits per heavy atom. The minimum absolute atomic E-state index is 0.182. The Bertz CT molecular complexity index is 408. The minimum Gasteiger partial charge on any atom is -0.339 e. The van der Waals surface area contributed by atoms with Crippen molar-refractivity contribution in [1.29, 1.82) is 0 Å². The summed E-state index contributed by atoms with van der Waals surface area (Å²) in [5.74, 6) is 0.182. The molecule has 0 spiro atoms. The van der Waals surface area contributed by atoms with Crippen molar-refractivity contribution in [3.8, 4) is 0 Å². The summed E-state index contributed by atoms with van der Waals surface area (Å²) >= 11 is 1.61. The molecule has 1 fully saturated rings. The maximum absolute atomic E-state index is 12.4. The van der Waals surface area contributed by atoms with E-state index in [9.17, 15) is 4.79 Å². The summed E-state index contributed by atoms with van der Waals surface area (Å²) in [5, 5.41) is 7.33. The van der Waals surface area contributed by atoms with Crippen LogP contribution >= 0.6 is 11.3 Å². The van der Waals surface area contributed by atoms with Crippen LogP contribution in [0.2, 0.25) is 0 Å². The summed E-state index contributed by atoms with van der Waals surface area (Å²) in [5.41, 5.74) is 1.97. The SMILES string of the molecule is CNC1CCC(N(C)C(=O)c2cscc2C)CC1. The molecule has 4 heteroatoms. The van der Waals surface area contributed by atoms with E-state index in [1.807, 2.05) is 36.7 Å². The Morgan fingerprint density at radius 1 is 1.33 bits per heavy atom. The van der Waals surface area contributed by atoms with Crippen molar-refractivity contribution in [3.63, 3.8) is 0 Å². The molecule has 3 nitrogen and oxygen atoms in total. The van der Waals surface area contributed by atoms with Crippen molar-refractivity contribution in [3.05, 3.63) is 21.9 Å². The maximum atomic E-state index is 12.4. The van der Waals surface area contributed by atoms with Crippen LogP contribution in [0.1, 0.15) is 41.6 Å². The smallest absolute Gasteiger partial charge is 0.254 e. The lowest BCUT2D eigenvalue weighted by molar-refractivity contribution is 0.0685. The number of hydrogen-bond acceptors (Lipinski definition) is 3. The summed E-state index contributed by atoms with van der Waals surface area (Å²) < 4.78 is 0. The average molecular weight is 266 g/mol. The second-order valence-electron chi connectivity index (χ2n) is 5.18. The third-order valence-corrected chi connectivity index (χ3v) is 4.92. The first-order valence-corrected chi connectivity index (χ1v) is 7.55. The van der Waals surface area contributed by atoms with E-state index < -0.39 is 0 Å². The summed E-state index contributed by atoms with van der Waals surface area (Å²) in [6, 6.07) is 1.04. The van der Waals surface area contributed by atoms with E-state index in [0.29, 0.717) is 12.1 Å². The quantitative estimate of drug-likeness (QED) is 0.912. The number of thiophene rings is 1. The molecular weight excluding hydrogens is 244 g/mol. The van der Waals surface area contributed by atoms with Gasteiger partial charge in [0.15, 0.2) is 0 Å². The maximum Gasteiger partial charge on any atom is 0.254 e. The van der Waals surface area contributed by atoms with Crippen LogP contribution in [0.3, 0.4) is 0 Å². The van der Waals surface area contributed by atoms with Gasteiger partial charge in [-0.25, -0.2) is 0 Å². The van der Waals surface area contributed by atoms with Crippen molar-refractivity contribution < 1.29 is 4.79 Å². The van der Waals surface area contributed by atoms with Gasteiger partial charge in [-0.2, -0.15) is 11.3 Å². The molecule has 0 aliphatic heterocycles. The highest BCUT2D eigenvalue weighted by Gasteiger charge is 2.27. The topological polar surface area (TPSA) is 32.3 Å². The molecule has 0 aromatic carbocycles. The van der Waals surface area contributed by atoms with E-state index in [2.05, 4.69) is 5.32 Å². The van der Waals surface area contributed by atoms with E-state index in [1.165, 1.54) is 12.8 Å². The molecule has 1 amide bonds. The van der Waals surface area contributed by atoms with E-state index in [-0.39, 0.29) is 5.91 Å². The van der Waals surface area contributed by atoms with Gasteiger partial charge < -0.3 is 10.2 Å². The second-order valence-corrected chi connectivity index (χ2v) is 5.92. The van der Waals surface area contributed by atoms with Gasteiger partial charge in [0.1, 0.15) is 0 Å². The largest absolute Gasteiger partial charge is 0.339 e. The van der Waals surface area contributed by atoms with Crippen LogP contribution in [0.5, 0.6) is 0 Å². The molecule has 1 aromatic rings. The fourth-order valence-electron chi connectivity index (χ4n) is 2.69. The van der Waals surface area contributed by atoms with Crippen LogP contribution in [0, 0.1) is 6.92 Å². The lowest BCUT2D eigenvalue weighted by Gasteiger charge is -2.34. The predicted octanol–water partition coefficient (Wildman–Crippen LogP) is 2.66. The zero-order chi connectivity index (χ0) is 13.1. The number of aryl methyl sites for hydroxylation is 1. The number of carbonyl (C=O) groups is 1. The van der Waals surface area contributed by atoms with E-state index in [0.717, 1.165) is 24.0 Å². The zero-order valence-electron chi connectivity index (χ0n) is 11.4. The Labute approximate surface area is 113 Å². The Morgan fingerprint density at radius 2 is 2.00 bits per heavy atom. The van der Waals surface area contributed by atoms with Gasteiger partial charge in [-0.05, 0) is 50.6 Å². The van der Waals surface area contributed by atoms with E-state index in [4.69, 9.17) is 0 Å². The van der Waals surface area contributed by atoms with E-state index >= 15 is 0 Å². The van der Waals surface area contributed by atoms with E-state index in [1.54, 1.807) is 11.3 Å². The zero-order valence-corrected chi connectivity index (χ0v) is 12.2. The highest BCUT2D eigenvalue weighted by molar-refractivity contribution is 7.08. The summed E-state index contributed by atoms with van der Waals surface area (Å²) in [6.45, 7) is 2.01. The third-order valence-electron chi connectivity index (χ3n) is 4.06. The number of nitrogens with zero attached hydrogens (tertiary/aromatic N) is 1. The van der Waals surface area contributed by atoms with Gasteiger partial charge in [0.2, 0.25) is 0 Å². The Balaban J connectivity index is 1.98. The molecule has 1 N–H and O–H groups in total. The van der Waals surface area contributed by atoms with Gasteiger partial charge in [0, 0.05) is 24.5 Å². The molecule has 0 bridgehead atoms. The predicted molar refractivity (Wildman–Crippen MR) is 76.3 cm³/mol. The first-order chi connectivity index (χ1) is 8.63. The highest BCUT2D eigenvalue weighted by Crippen LogP contribution is 2.24. The molecule has 1 aliphatic carbocycles. The minimum atomic E-state index is 0.182. The summed E-state index contributed by atoms with van der Waals surface area (Å²) in [7, 11) is 3.97. The van der Waals surface area contributed by atoms with Crippen LogP contribution in [-0.2, 0) is 0 Å². The molecular formula is C14H22N2OS. The van der Waals surface area contributed by atoms with Gasteiger partial charge in [0.25, 0.3) is 5.91 Å². The molecule has 1 aliphatic rings. The molecule has 1 aromatic heterocycles. The highest BCUT2D eigenvalue weighted by atomic mass is 32.1. The molecule has 0 saturated heterocycles. The Kier molecular flexibility index (Phi) is 4.40. The molecule has 0 atom stereocenters. The van der Waals surface area contributed by atoms with Gasteiger partial charge >= 0.3 is 0 Å². The van der Waals surface area contributed by atoms with Crippen LogP contribution in [0.25, 0.3) is 0 Å². The normalized spacial score (nSPS) is 23.9. The third kappa shape index (κ3) is 2.75. The molecule has 0 radical (unpaired) electrons. The monoisotopic (exact) mass is 266 g/mol. The lowest BCUT2D eigenvalue weighted by atomic mass is 9.90. The number of rotatable bonds is 3. The first-order valence-electron chi connectivity index (χ1n) is 6.60. The van der Waals surface area contributed by atoms with Gasteiger partial charge in [-0.15, -0.1) is 0 Å². The fraction of sp³-hybridized carbons (Fsp3) is 0.643. The van der Waals surface area contributed by atoms with Crippen molar-refractivity contribution in [2.24, 2.45) is 0 Å². The van der Waals surface area contributed by atoms with Crippen molar-refractivity contribution in [2.75, 3.05) is 14.1 Å². The molecule has 2 rings (SSSR count). The van der Waals surface area contributed by atoms with Crippen molar-refractivity contribution in [1.82, 2.24) is 10.2 Å². The van der Waals surface area contributed by atoms with Crippen LogP contribution in [-0.4, -0.2) is 37.0 Å². The van der Waals surface area contributed by atoms with Gasteiger partial charge in [-0.3, -0.25) is 4.79 Å². The molecule has 1 heterocycles. The summed E-state index contributed by atoms with van der Waals surface area (Å²) in [4.78, 5) is 14.3. The van der Waals surface area contributed by atoms with Gasteiger partial charge in [0.05, 0.1) is 5.56 Å². The van der Waals surface area contributed by atoms with Crippen LogP contribution < -0.4 is 5.32 Å². The number of nitrogens with one attached hydrogen (secondary N) is 1. The molecule has 0 unspecified atom stereocenters. The van der Waals surface area contributed by atoms with Crippen molar-refractivity contribution >= 4 is 17.2 Å². The number of carbonyl (C=O) groups excluding carboxylic acids is 1. The van der Waals surface area contributed by atoms with Crippen molar-refractivity contribution in [2.45, 2.75) is 44.7 Å². The second kappa shape index (κ2) is 5.85. The summed E-state index contributed by atoms with van der Waals surface area (Å²) in [6.07, 6.45) is 4.55. The van der Waals surface area contributed by atoms with Gasteiger partial charge in [-0.1, -0.05) is 0 Å².